The van der Waals surface area contributed by atoms with Gasteiger partial charge in [-0.3, -0.25) is 19.7 Å². The van der Waals surface area contributed by atoms with E-state index in [1.54, 1.807) is 0 Å². The molecule has 0 saturated carbocycles. The van der Waals surface area contributed by atoms with Gasteiger partial charge in [0.1, 0.15) is 6.04 Å². The second-order valence-corrected chi connectivity index (χ2v) is 10.4. The van der Waals surface area contributed by atoms with Gasteiger partial charge in [-0.05, 0) is 56.0 Å². The van der Waals surface area contributed by atoms with Gasteiger partial charge in [0.2, 0.25) is 17.7 Å². The molecule has 3 amide bonds. The zero-order chi connectivity index (χ0) is 26.4. The summed E-state index contributed by atoms with van der Waals surface area (Å²) in [6, 6.07) is 8.63. The number of imide groups is 1. The molecule has 1 aromatic rings. The third-order valence-corrected chi connectivity index (χ3v) is 6.25. The lowest BCUT2D eigenvalue weighted by molar-refractivity contribution is -0.137. The minimum Gasteiger partial charge on any atom is -0.391 e. The number of nitrogens with one attached hydrogen (secondary N) is 3. The van der Waals surface area contributed by atoms with E-state index >= 15 is 0 Å². The Morgan fingerprint density at radius 2 is 1.49 bits per heavy atom. The Hall–Kier alpha value is -1.90. The summed E-state index contributed by atoms with van der Waals surface area (Å²) in [6.07, 6.45) is 2.03. The maximum Gasteiger partial charge on any atom is 0.249 e. The van der Waals surface area contributed by atoms with Gasteiger partial charge in [0.15, 0.2) is 0 Å². The first-order valence-electron chi connectivity index (χ1n) is 12.8. The summed E-state index contributed by atoms with van der Waals surface area (Å²) in [5.41, 5.74) is 1.17. The van der Waals surface area contributed by atoms with Crippen LogP contribution in [0.1, 0.15) is 65.9 Å². The molecular formula is C27H45N3O4S. The summed E-state index contributed by atoms with van der Waals surface area (Å²) in [7, 11) is 0. The number of aliphatic hydroxyl groups excluding tert-OH is 1. The Morgan fingerprint density at radius 3 is 2.03 bits per heavy atom. The summed E-state index contributed by atoms with van der Waals surface area (Å²) in [6.45, 7) is 10.5. The molecule has 0 aliphatic carbocycles. The normalized spacial score (nSPS) is 14.9. The van der Waals surface area contributed by atoms with E-state index in [2.05, 4.69) is 28.6 Å². The number of carbonyl (C=O) groups is 3. The number of hydrogen-bond donors (Lipinski definition) is 5. The number of hydrogen-bond acceptors (Lipinski definition) is 6. The number of likely N-dealkylation sites (N-methyl/N-ethyl adjacent to an activating group) is 1. The molecule has 0 aliphatic heterocycles. The van der Waals surface area contributed by atoms with Crippen molar-refractivity contribution in [2.24, 2.45) is 17.8 Å². The summed E-state index contributed by atoms with van der Waals surface area (Å²) in [5, 5.41) is 18.9. The molecular weight excluding hydrogens is 462 g/mol. The minimum absolute atomic E-state index is 0.118. The first-order chi connectivity index (χ1) is 16.6. The molecule has 1 rings (SSSR count). The quantitative estimate of drug-likeness (QED) is 0.221. The van der Waals surface area contributed by atoms with Gasteiger partial charge in [0.25, 0.3) is 0 Å². The highest BCUT2D eigenvalue weighted by Crippen LogP contribution is 2.17. The van der Waals surface area contributed by atoms with Gasteiger partial charge < -0.3 is 15.7 Å². The average Bonchev–Trinajstić information content (AvgIpc) is 2.80. The van der Waals surface area contributed by atoms with E-state index < -0.39 is 35.9 Å². The van der Waals surface area contributed by atoms with Gasteiger partial charge in [-0.15, -0.1) is 0 Å². The topological polar surface area (TPSA) is 108 Å². The third-order valence-electron chi connectivity index (χ3n) is 5.87. The molecule has 8 heteroatoms. The van der Waals surface area contributed by atoms with Crippen LogP contribution in [0.15, 0.2) is 30.3 Å². The Balaban J connectivity index is 2.87. The van der Waals surface area contributed by atoms with Crippen LogP contribution >= 0.6 is 12.6 Å². The van der Waals surface area contributed by atoms with Crippen molar-refractivity contribution < 1.29 is 19.5 Å². The number of aryl methyl sites for hydroxylation is 1. The number of amides is 3. The lowest BCUT2D eigenvalue weighted by Crippen LogP contribution is -2.55. The van der Waals surface area contributed by atoms with Crippen molar-refractivity contribution in [3.05, 3.63) is 35.9 Å². The number of thiol groups is 1. The lowest BCUT2D eigenvalue weighted by Gasteiger charge is -2.26. The number of rotatable bonds is 16. The fourth-order valence-corrected chi connectivity index (χ4v) is 4.33. The second kappa shape index (κ2) is 16.7. The van der Waals surface area contributed by atoms with Crippen LogP contribution in [0.5, 0.6) is 0 Å². The Kier molecular flexibility index (Phi) is 14.9. The minimum atomic E-state index is -0.928. The van der Waals surface area contributed by atoms with Crippen molar-refractivity contribution in [1.82, 2.24) is 16.0 Å². The molecule has 4 N–H and O–H groups in total. The van der Waals surface area contributed by atoms with Crippen molar-refractivity contribution in [2.45, 2.75) is 84.9 Å². The van der Waals surface area contributed by atoms with Gasteiger partial charge in [-0.25, -0.2) is 0 Å². The van der Waals surface area contributed by atoms with E-state index in [0.29, 0.717) is 32.2 Å². The van der Waals surface area contributed by atoms with E-state index in [1.807, 2.05) is 65.0 Å². The van der Waals surface area contributed by atoms with Crippen LogP contribution in [0.3, 0.4) is 0 Å². The maximum absolute atomic E-state index is 13.2. The highest BCUT2D eigenvalue weighted by atomic mass is 32.1. The number of carbonyl (C=O) groups excluding carboxylic acids is 3. The molecule has 198 valence electrons. The molecule has 35 heavy (non-hydrogen) atoms. The number of aliphatic hydroxyl groups is 1. The molecule has 0 fully saturated rings. The zero-order valence-electron chi connectivity index (χ0n) is 21.9. The summed E-state index contributed by atoms with van der Waals surface area (Å²) < 4.78 is 0. The standard InChI is InChI=1S/C27H45N3O4S/c1-6-28-22(15-18(2)3)26(33)30-27(34)23(16-19(4)5)29-25(32)21(24(31)17-35)14-10-13-20-11-8-7-9-12-20/h7-9,11-12,18-19,21-24,28,31,35H,6,10,13-17H2,1-5H3,(H,29,32)(H,30,33,34)/t21?,22?,23-,24?/m0/s1. The molecule has 7 nitrogen and oxygen atoms in total. The van der Waals surface area contributed by atoms with Gasteiger partial charge in [-0.1, -0.05) is 65.0 Å². The van der Waals surface area contributed by atoms with E-state index in [9.17, 15) is 19.5 Å². The maximum atomic E-state index is 13.2. The predicted octanol–water partition coefficient (Wildman–Crippen LogP) is 3.11. The van der Waals surface area contributed by atoms with E-state index in [4.69, 9.17) is 0 Å². The van der Waals surface area contributed by atoms with Crippen LogP contribution in [-0.2, 0) is 20.8 Å². The monoisotopic (exact) mass is 507 g/mol. The summed E-state index contributed by atoms with van der Waals surface area (Å²) in [4.78, 5) is 39.0. The Labute approximate surface area is 216 Å². The SMILES string of the molecule is CCNC(CC(C)C)C(=O)NC(=O)[C@H](CC(C)C)NC(=O)C(CCCc1ccccc1)C(O)CS. The number of benzene rings is 1. The van der Waals surface area contributed by atoms with E-state index in [-0.39, 0.29) is 23.5 Å². The Bertz CT molecular complexity index is 773. The van der Waals surface area contributed by atoms with E-state index in [1.165, 1.54) is 5.56 Å². The predicted molar refractivity (Wildman–Crippen MR) is 144 cm³/mol. The van der Waals surface area contributed by atoms with E-state index in [0.717, 1.165) is 6.42 Å². The molecule has 0 aliphatic rings. The molecule has 0 bridgehead atoms. The molecule has 0 aromatic heterocycles. The van der Waals surface area contributed by atoms with Gasteiger partial charge in [0, 0.05) is 5.75 Å². The van der Waals surface area contributed by atoms with Crippen molar-refractivity contribution >= 4 is 30.4 Å². The molecule has 3 unspecified atom stereocenters. The first kappa shape index (κ1) is 31.1. The summed E-state index contributed by atoms with van der Waals surface area (Å²) in [5.74, 6) is -1.44. The van der Waals surface area contributed by atoms with Crippen LogP contribution in [0.4, 0.5) is 0 Å². The molecule has 4 atom stereocenters. The summed E-state index contributed by atoms with van der Waals surface area (Å²) >= 11 is 4.18. The van der Waals surface area contributed by atoms with Gasteiger partial charge in [0.05, 0.1) is 18.1 Å². The van der Waals surface area contributed by atoms with Crippen molar-refractivity contribution in [2.75, 3.05) is 12.3 Å². The van der Waals surface area contributed by atoms with Gasteiger partial charge in [-0.2, -0.15) is 12.6 Å². The molecule has 0 saturated heterocycles. The van der Waals surface area contributed by atoms with Crippen LogP contribution in [-0.4, -0.2) is 53.3 Å². The molecule has 0 heterocycles. The van der Waals surface area contributed by atoms with Crippen LogP contribution in [0.2, 0.25) is 0 Å². The largest absolute Gasteiger partial charge is 0.391 e. The van der Waals surface area contributed by atoms with Gasteiger partial charge >= 0.3 is 0 Å². The lowest BCUT2D eigenvalue weighted by atomic mass is 9.93. The average molecular weight is 508 g/mol. The third kappa shape index (κ3) is 12.1. The highest BCUT2D eigenvalue weighted by molar-refractivity contribution is 7.80. The van der Waals surface area contributed by atoms with Crippen molar-refractivity contribution in [3.63, 3.8) is 0 Å². The molecule has 0 radical (unpaired) electrons. The smallest absolute Gasteiger partial charge is 0.249 e. The first-order valence-corrected chi connectivity index (χ1v) is 13.4. The molecule has 0 spiro atoms. The highest BCUT2D eigenvalue weighted by Gasteiger charge is 2.31. The van der Waals surface area contributed by atoms with Crippen LogP contribution in [0, 0.1) is 17.8 Å². The fourth-order valence-electron chi connectivity index (χ4n) is 4.07. The molecule has 1 aromatic carbocycles. The zero-order valence-corrected chi connectivity index (χ0v) is 22.8. The second-order valence-electron chi connectivity index (χ2n) is 10.0. The van der Waals surface area contributed by atoms with Crippen molar-refractivity contribution in [3.8, 4) is 0 Å². The van der Waals surface area contributed by atoms with Crippen LogP contribution in [0.25, 0.3) is 0 Å². The fraction of sp³-hybridized carbons (Fsp3) is 0.667. The van der Waals surface area contributed by atoms with Crippen LogP contribution < -0.4 is 16.0 Å². The Morgan fingerprint density at radius 1 is 0.914 bits per heavy atom. The van der Waals surface area contributed by atoms with Crippen molar-refractivity contribution in [1.29, 1.82) is 0 Å².